The third-order valence-electron chi connectivity index (χ3n) is 2.92. The number of nitrogens with zero attached hydrogens (tertiary/aromatic N) is 2. The molecule has 8 heteroatoms. The van der Waals surface area contributed by atoms with Gasteiger partial charge in [0.25, 0.3) is 10.0 Å². The zero-order valence-corrected chi connectivity index (χ0v) is 13.5. The average molecular weight is 352 g/mol. The molecule has 0 amide bonds. The first-order valence-corrected chi connectivity index (χ1v) is 8.90. The van der Waals surface area contributed by atoms with Gasteiger partial charge in [-0.3, -0.25) is 4.72 Å². The first kappa shape index (κ1) is 15.0. The smallest absolute Gasteiger partial charge is 0.261 e. The van der Waals surface area contributed by atoms with Crippen molar-refractivity contribution in [3.05, 3.63) is 58.9 Å². The summed E-state index contributed by atoms with van der Waals surface area (Å²) in [5, 5.41) is 6.28. The number of hydrogen-bond donors (Lipinski definition) is 1. The number of hydrogen-bond acceptors (Lipinski definition) is 5. The Bertz CT molecular complexity index is 861. The molecule has 0 bridgehead atoms. The summed E-state index contributed by atoms with van der Waals surface area (Å²) in [5.41, 5.74) is 2.11. The highest BCUT2D eigenvalue weighted by Gasteiger charge is 2.14. The second-order valence-electron chi connectivity index (χ2n) is 4.43. The van der Waals surface area contributed by atoms with Gasteiger partial charge in [0.15, 0.2) is 0 Å². The Kier molecular flexibility index (Phi) is 4.10. The molecule has 22 heavy (non-hydrogen) atoms. The number of benzene rings is 2. The highest BCUT2D eigenvalue weighted by Crippen LogP contribution is 2.22. The molecule has 0 aliphatic carbocycles. The van der Waals surface area contributed by atoms with E-state index in [4.69, 9.17) is 11.6 Å². The summed E-state index contributed by atoms with van der Waals surface area (Å²) in [6.07, 6.45) is 0. The van der Waals surface area contributed by atoms with E-state index in [0.29, 0.717) is 10.7 Å². The van der Waals surface area contributed by atoms with Gasteiger partial charge in [0.05, 0.1) is 4.90 Å². The SMILES string of the molecule is O=S(=O)(Nc1ccc(-c2csnn2)cc1)c1ccc(Cl)cc1. The largest absolute Gasteiger partial charge is 0.280 e. The Morgan fingerprint density at radius 2 is 1.68 bits per heavy atom. The van der Waals surface area contributed by atoms with E-state index in [0.717, 1.165) is 11.3 Å². The summed E-state index contributed by atoms with van der Waals surface area (Å²) >= 11 is 7.03. The lowest BCUT2D eigenvalue weighted by molar-refractivity contribution is 0.601. The predicted octanol–water partition coefficient (Wildman–Crippen LogP) is 3.66. The molecule has 1 heterocycles. The molecule has 0 aliphatic heterocycles. The molecule has 2 aromatic carbocycles. The molecule has 5 nitrogen and oxygen atoms in total. The summed E-state index contributed by atoms with van der Waals surface area (Å²) in [6, 6.07) is 12.9. The van der Waals surface area contributed by atoms with Crippen LogP contribution >= 0.6 is 23.1 Å². The standard InChI is InChI=1S/C14H10ClN3O2S2/c15-11-3-7-13(8-4-11)22(19,20)17-12-5-1-10(2-6-12)14-9-21-18-16-14/h1-9,17H. The predicted molar refractivity (Wildman–Crippen MR) is 87.6 cm³/mol. The van der Waals surface area contributed by atoms with Crippen LogP contribution in [0.4, 0.5) is 5.69 Å². The van der Waals surface area contributed by atoms with E-state index in [1.165, 1.54) is 35.8 Å². The molecule has 1 N–H and O–H groups in total. The summed E-state index contributed by atoms with van der Waals surface area (Å²) in [6.45, 7) is 0. The second-order valence-corrected chi connectivity index (χ2v) is 7.16. The molecule has 0 spiro atoms. The zero-order chi connectivity index (χ0) is 15.6. The van der Waals surface area contributed by atoms with Gasteiger partial charge in [-0.2, -0.15) is 0 Å². The van der Waals surface area contributed by atoms with Crippen LogP contribution < -0.4 is 4.72 Å². The molecule has 112 valence electrons. The fraction of sp³-hybridized carbons (Fsp3) is 0. The van der Waals surface area contributed by atoms with Crippen molar-refractivity contribution in [2.75, 3.05) is 4.72 Å². The number of aromatic nitrogens is 2. The number of anilines is 1. The maximum Gasteiger partial charge on any atom is 0.261 e. The van der Waals surface area contributed by atoms with E-state index < -0.39 is 10.0 Å². The summed E-state index contributed by atoms with van der Waals surface area (Å²) in [5.74, 6) is 0. The Labute approximate surface area is 136 Å². The lowest BCUT2D eigenvalue weighted by atomic mass is 10.2. The molecule has 0 aliphatic rings. The Morgan fingerprint density at radius 3 is 2.27 bits per heavy atom. The number of halogens is 1. The van der Waals surface area contributed by atoms with Crippen molar-refractivity contribution in [1.82, 2.24) is 9.59 Å². The van der Waals surface area contributed by atoms with Crippen LogP contribution in [-0.4, -0.2) is 18.0 Å². The normalized spacial score (nSPS) is 11.3. The van der Waals surface area contributed by atoms with Crippen molar-refractivity contribution in [3.8, 4) is 11.3 Å². The molecular weight excluding hydrogens is 342 g/mol. The number of nitrogens with one attached hydrogen (secondary N) is 1. The van der Waals surface area contributed by atoms with E-state index in [1.54, 1.807) is 24.3 Å². The van der Waals surface area contributed by atoms with Crippen molar-refractivity contribution in [2.24, 2.45) is 0 Å². The van der Waals surface area contributed by atoms with E-state index >= 15 is 0 Å². The zero-order valence-electron chi connectivity index (χ0n) is 11.1. The van der Waals surface area contributed by atoms with Crippen LogP contribution in [0.25, 0.3) is 11.3 Å². The fourth-order valence-electron chi connectivity index (χ4n) is 1.83. The molecule has 0 saturated heterocycles. The van der Waals surface area contributed by atoms with Crippen LogP contribution in [0, 0.1) is 0 Å². The van der Waals surface area contributed by atoms with Gasteiger partial charge in [-0.15, -0.1) is 5.10 Å². The highest BCUT2D eigenvalue weighted by molar-refractivity contribution is 7.92. The van der Waals surface area contributed by atoms with E-state index in [1.807, 2.05) is 5.38 Å². The van der Waals surface area contributed by atoms with E-state index in [9.17, 15) is 8.42 Å². The highest BCUT2D eigenvalue weighted by atomic mass is 35.5. The van der Waals surface area contributed by atoms with E-state index in [2.05, 4.69) is 14.3 Å². The Balaban J connectivity index is 1.82. The van der Waals surface area contributed by atoms with Gasteiger partial charge in [-0.05, 0) is 47.9 Å². The van der Waals surface area contributed by atoms with Gasteiger partial charge in [-0.25, -0.2) is 8.42 Å². The maximum absolute atomic E-state index is 12.3. The minimum Gasteiger partial charge on any atom is -0.280 e. The summed E-state index contributed by atoms with van der Waals surface area (Å²) in [4.78, 5) is 0.157. The Morgan fingerprint density at radius 1 is 1.00 bits per heavy atom. The quantitative estimate of drug-likeness (QED) is 0.778. The van der Waals surface area contributed by atoms with Crippen molar-refractivity contribution in [3.63, 3.8) is 0 Å². The van der Waals surface area contributed by atoms with Crippen molar-refractivity contribution in [1.29, 1.82) is 0 Å². The maximum atomic E-state index is 12.3. The van der Waals surface area contributed by atoms with Gasteiger partial charge < -0.3 is 0 Å². The average Bonchev–Trinajstić information content (AvgIpc) is 3.02. The topological polar surface area (TPSA) is 72.0 Å². The van der Waals surface area contributed by atoms with Gasteiger partial charge >= 0.3 is 0 Å². The molecule has 1 aromatic heterocycles. The summed E-state index contributed by atoms with van der Waals surface area (Å²) < 4.78 is 30.8. The third kappa shape index (κ3) is 3.27. The lowest BCUT2D eigenvalue weighted by Gasteiger charge is -2.08. The first-order valence-electron chi connectivity index (χ1n) is 6.20. The first-order chi connectivity index (χ1) is 10.5. The van der Waals surface area contributed by atoms with Gasteiger partial charge in [-0.1, -0.05) is 28.2 Å². The van der Waals surface area contributed by atoms with Gasteiger partial charge in [0, 0.05) is 21.7 Å². The molecular formula is C14H10ClN3O2S2. The van der Waals surface area contributed by atoms with Crippen LogP contribution in [-0.2, 0) is 10.0 Å². The van der Waals surface area contributed by atoms with Crippen LogP contribution in [0.15, 0.2) is 58.8 Å². The summed E-state index contributed by atoms with van der Waals surface area (Å²) in [7, 11) is -3.63. The molecule has 0 radical (unpaired) electrons. The molecule has 0 saturated carbocycles. The van der Waals surface area contributed by atoms with E-state index in [-0.39, 0.29) is 4.90 Å². The van der Waals surface area contributed by atoms with Crippen LogP contribution in [0.3, 0.4) is 0 Å². The second kappa shape index (κ2) is 6.04. The minimum absolute atomic E-state index is 0.157. The monoisotopic (exact) mass is 351 g/mol. The van der Waals surface area contributed by atoms with Gasteiger partial charge in [0.2, 0.25) is 0 Å². The molecule has 0 atom stereocenters. The van der Waals surface area contributed by atoms with Crippen LogP contribution in [0.5, 0.6) is 0 Å². The van der Waals surface area contributed by atoms with Crippen molar-refractivity contribution >= 4 is 38.8 Å². The third-order valence-corrected chi connectivity index (χ3v) is 5.07. The van der Waals surface area contributed by atoms with Crippen LogP contribution in [0.2, 0.25) is 5.02 Å². The van der Waals surface area contributed by atoms with Crippen LogP contribution in [0.1, 0.15) is 0 Å². The van der Waals surface area contributed by atoms with Gasteiger partial charge in [0.1, 0.15) is 5.69 Å². The molecule has 0 fully saturated rings. The molecule has 3 rings (SSSR count). The fourth-order valence-corrected chi connectivity index (χ4v) is 3.48. The lowest BCUT2D eigenvalue weighted by Crippen LogP contribution is -2.12. The Hall–Kier alpha value is -1.96. The van der Waals surface area contributed by atoms with Crippen molar-refractivity contribution in [2.45, 2.75) is 4.90 Å². The van der Waals surface area contributed by atoms with Crippen molar-refractivity contribution < 1.29 is 8.42 Å². The molecule has 0 unspecified atom stereocenters. The number of rotatable bonds is 4. The molecule has 3 aromatic rings. The minimum atomic E-state index is -3.63. The number of sulfonamides is 1.